The molecule has 3 N–H and O–H groups in total. The third-order valence-electron chi connectivity index (χ3n) is 5.58. The average molecular weight is 466 g/mol. The van der Waals surface area contributed by atoms with Gasteiger partial charge in [0.1, 0.15) is 0 Å². The molecule has 1 aromatic carbocycles. The second-order valence-corrected chi connectivity index (χ2v) is 7.63. The summed E-state index contributed by atoms with van der Waals surface area (Å²) in [6.07, 6.45) is 3.54. The number of nitrogens with one attached hydrogen (secondary N) is 2. The quantitative estimate of drug-likeness (QED) is 0.355. The van der Waals surface area contributed by atoms with Crippen molar-refractivity contribution in [3.05, 3.63) is 77.7 Å². The summed E-state index contributed by atoms with van der Waals surface area (Å²) in [5.74, 6) is -0.165. The van der Waals surface area contributed by atoms with Gasteiger partial charge in [-0.1, -0.05) is 26.0 Å². The highest BCUT2D eigenvalue weighted by Gasteiger charge is 2.17. The Bertz CT molecular complexity index is 1200. The van der Waals surface area contributed by atoms with Crippen molar-refractivity contribution in [2.75, 3.05) is 13.1 Å². The van der Waals surface area contributed by atoms with E-state index < -0.39 is 0 Å². The average Bonchev–Trinajstić information content (AvgIpc) is 3.17. The number of hydrogen-bond donors (Lipinski definition) is 3. The maximum Gasteiger partial charge on any atom is 0.251 e. The molecule has 1 amide bonds. The van der Waals surface area contributed by atoms with Crippen LogP contribution in [-0.4, -0.2) is 44.0 Å². The summed E-state index contributed by atoms with van der Waals surface area (Å²) in [5, 5.41) is 14.2. The summed E-state index contributed by atoms with van der Waals surface area (Å²) in [7, 11) is 0. The van der Waals surface area contributed by atoms with Crippen LogP contribution in [0.4, 0.5) is 0 Å². The maximum atomic E-state index is 12.7. The molecule has 3 heterocycles. The zero-order chi connectivity index (χ0) is 22.5. The first kappa shape index (κ1) is 24.2. The lowest BCUT2D eigenvalue weighted by atomic mass is 10.1. The summed E-state index contributed by atoms with van der Waals surface area (Å²) in [5.41, 5.74) is 4.40. The van der Waals surface area contributed by atoms with Gasteiger partial charge in [-0.05, 0) is 55.1 Å². The second-order valence-electron chi connectivity index (χ2n) is 7.63. The number of H-pyrrole nitrogens is 1. The van der Waals surface area contributed by atoms with Crippen molar-refractivity contribution in [1.82, 2.24) is 25.2 Å². The molecule has 172 valence electrons. The molecule has 7 nitrogen and oxygen atoms in total. The van der Waals surface area contributed by atoms with Gasteiger partial charge in [-0.3, -0.25) is 19.7 Å². The number of carbonyl (C=O) groups excluding carboxylic acids is 1. The molecule has 4 aromatic rings. The highest BCUT2D eigenvalue weighted by molar-refractivity contribution is 6.03. The topological polar surface area (TPSA) is 94.1 Å². The molecule has 0 saturated heterocycles. The molecule has 0 bridgehead atoms. The molecule has 0 aliphatic carbocycles. The number of benzene rings is 1. The zero-order valence-corrected chi connectivity index (χ0v) is 19.5. The van der Waals surface area contributed by atoms with Crippen LogP contribution in [0, 0.1) is 0 Å². The van der Waals surface area contributed by atoms with E-state index in [-0.39, 0.29) is 24.2 Å². The fourth-order valence-corrected chi connectivity index (χ4v) is 3.73. The van der Waals surface area contributed by atoms with Crippen molar-refractivity contribution < 1.29 is 9.90 Å². The van der Waals surface area contributed by atoms with E-state index in [0.29, 0.717) is 23.4 Å². The van der Waals surface area contributed by atoms with Gasteiger partial charge in [0.2, 0.25) is 0 Å². The summed E-state index contributed by atoms with van der Waals surface area (Å²) < 4.78 is 0. The van der Waals surface area contributed by atoms with Crippen LogP contribution in [0.2, 0.25) is 0 Å². The van der Waals surface area contributed by atoms with Gasteiger partial charge < -0.3 is 15.4 Å². The molecular formula is C25H28ClN5O2. The molecule has 0 aliphatic heterocycles. The minimum Gasteiger partial charge on any atom is -0.494 e. The third-order valence-corrected chi connectivity index (χ3v) is 5.58. The second kappa shape index (κ2) is 10.9. The molecule has 33 heavy (non-hydrogen) atoms. The molecule has 4 rings (SSSR count). The van der Waals surface area contributed by atoms with Crippen molar-refractivity contribution in [3.63, 3.8) is 0 Å². The van der Waals surface area contributed by atoms with E-state index in [2.05, 4.69) is 39.0 Å². The largest absolute Gasteiger partial charge is 0.494 e. The van der Waals surface area contributed by atoms with E-state index in [1.807, 2.05) is 36.5 Å². The van der Waals surface area contributed by atoms with Gasteiger partial charge in [0.15, 0.2) is 5.88 Å². The highest BCUT2D eigenvalue weighted by Crippen LogP contribution is 2.36. The molecule has 0 fully saturated rings. The Morgan fingerprint density at radius 3 is 2.58 bits per heavy atom. The standard InChI is InChI=1S/C25H27N5O2.ClH/c1-3-30(4-2)16-17-8-10-22(27-14-17)23-20-13-18(9-11-21(20)29-25(23)32)24(31)28-15-19-7-5-6-12-26-19;/h5-14,29,32H,3-4,15-16H2,1-2H3,(H,28,31);1H. The number of aromatic nitrogens is 3. The van der Waals surface area contributed by atoms with Crippen LogP contribution in [0.25, 0.3) is 22.2 Å². The molecular weight excluding hydrogens is 438 g/mol. The number of amides is 1. The van der Waals surface area contributed by atoms with Gasteiger partial charge in [0, 0.05) is 35.4 Å². The Hall–Kier alpha value is -3.42. The number of rotatable bonds is 8. The first-order valence-electron chi connectivity index (χ1n) is 10.8. The van der Waals surface area contributed by atoms with Crippen LogP contribution in [0.5, 0.6) is 5.88 Å². The van der Waals surface area contributed by atoms with E-state index >= 15 is 0 Å². The third kappa shape index (κ3) is 5.50. The Morgan fingerprint density at radius 2 is 1.91 bits per heavy atom. The highest BCUT2D eigenvalue weighted by atomic mass is 35.5. The minimum atomic E-state index is -0.202. The van der Waals surface area contributed by atoms with Crippen molar-refractivity contribution >= 4 is 29.2 Å². The van der Waals surface area contributed by atoms with E-state index in [1.165, 1.54) is 0 Å². The van der Waals surface area contributed by atoms with Gasteiger partial charge >= 0.3 is 0 Å². The molecule has 0 unspecified atom stereocenters. The summed E-state index contributed by atoms with van der Waals surface area (Å²) >= 11 is 0. The number of carbonyl (C=O) groups is 1. The summed E-state index contributed by atoms with van der Waals surface area (Å²) in [4.78, 5) is 26.8. The first-order chi connectivity index (χ1) is 15.6. The normalized spacial score (nSPS) is 10.9. The van der Waals surface area contributed by atoms with Gasteiger partial charge in [0.25, 0.3) is 5.91 Å². The van der Waals surface area contributed by atoms with Gasteiger partial charge in [-0.2, -0.15) is 0 Å². The Kier molecular flexibility index (Phi) is 8.03. The number of fused-ring (bicyclic) bond motifs is 1. The van der Waals surface area contributed by atoms with E-state index in [9.17, 15) is 9.90 Å². The lowest BCUT2D eigenvalue weighted by molar-refractivity contribution is 0.0950. The Morgan fingerprint density at radius 1 is 1.09 bits per heavy atom. The van der Waals surface area contributed by atoms with Crippen LogP contribution in [0.15, 0.2) is 60.9 Å². The van der Waals surface area contributed by atoms with Crippen LogP contribution < -0.4 is 5.32 Å². The number of nitrogens with zero attached hydrogens (tertiary/aromatic N) is 3. The van der Waals surface area contributed by atoms with Crippen LogP contribution in [0.3, 0.4) is 0 Å². The SMILES string of the molecule is CCN(CC)Cc1ccc(-c2c(O)[nH]c3ccc(C(=O)NCc4ccccn4)cc23)nc1.Cl. The fourth-order valence-electron chi connectivity index (χ4n) is 3.73. The van der Waals surface area contributed by atoms with E-state index in [4.69, 9.17) is 0 Å². The molecule has 0 atom stereocenters. The number of aromatic hydroxyl groups is 1. The van der Waals surface area contributed by atoms with Crippen molar-refractivity contribution in [2.24, 2.45) is 0 Å². The van der Waals surface area contributed by atoms with Gasteiger partial charge in [0.05, 0.1) is 23.5 Å². The monoisotopic (exact) mass is 465 g/mol. The minimum absolute atomic E-state index is 0. The molecule has 0 radical (unpaired) electrons. The fraction of sp³-hybridized carbons (Fsp3) is 0.240. The summed E-state index contributed by atoms with van der Waals surface area (Å²) in [6.45, 7) is 7.41. The lowest BCUT2D eigenvalue weighted by Gasteiger charge is -2.17. The van der Waals surface area contributed by atoms with E-state index in [0.717, 1.165) is 41.8 Å². The Balaban J connectivity index is 0.00000306. The van der Waals surface area contributed by atoms with E-state index in [1.54, 1.807) is 24.4 Å². The maximum absolute atomic E-state index is 12.7. The van der Waals surface area contributed by atoms with Crippen LogP contribution in [0.1, 0.15) is 35.5 Å². The number of aromatic amines is 1. The predicted molar refractivity (Wildman–Crippen MR) is 132 cm³/mol. The lowest BCUT2D eigenvalue weighted by Crippen LogP contribution is -2.23. The molecule has 0 aliphatic rings. The first-order valence-corrected chi connectivity index (χ1v) is 10.8. The zero-order valence-electron chi connectivity index (χ0n) is 18.7. The van der Waals surface area contributed by atoms with Gasteiger partial charge in [-0.15, -0.1) is 12.4 Å². The van der Waals surface area contributed by atoms with Crippen molar-refractivity contribution in [1.29, 1.82) is 0 Å². The molecule has 8 heteroatoms. The van der Waals surface area contributed by atoms with Crippen molar-refractivity contribution in [3.8, 4) is 17.1 Å². The Labute approximate surface area is 199 Å². The summed E-state index contributed by atoms with van der Waals surface area (Å²) in [6, 6.07) is 14.8. The number of hydrogen-bond acceptors (Lipinski definition) is 5. The number of halogens is 1. The van der Waals surface area contributed by atoms with Gasteiger partial charge in [-0.25, -0.2) is 0 Å². The smallest absolute Gasteiger partial charge is 0.251 e. The molecule has 0 spiro atoms. The van der Waals surface area contributed by atoms with Crippen LogP contribution in [-0.2, 0) is 13.1 Å². The molecule has 3 aromatic heterocycles. The van der Waals surface area contributed by atoms with Crippen molar-refractivity contribution in [2.45, 2.75) is 26.9 Å². The molecule has 0 saturated carbocycles. The van der Waals surface area contributed by atoms with Crippen LogP contribution >= 0.6 is 12.4 Å². The predicted octanol–water partition coefficient (Wildman–Crippen LogP) is 4.52. The number of pyridine rings is 2.